The molecule has 1 aromatic heterocycles. The maximum atomic E-state index is 10.7. The molecule has 0 radical (unpaired) electrons. The number of nitrogens with two attached hydrogens (primary N) is 1. The Morgan fingerprint density at radius 1 is 1.67 bits per heavy atom. The van der Waals surface area contributed by atoms with Gasteiger partial charge in [-0.15, -0.1) is 0 Å². The lowest BCUT2D eigenvalue weighted by atomic mass is 10.2. The fourth-order valence-corrected chi connectivity index (χ4v) is 1.27. The molecule has 82 valence electrons. The Morgan fingerprint density at radius 2 is 2.27 bits per heavy atom. The maximum absolute atomic E-state index is 10.7. The largest absolute Gasteiger partial charge is 0.478 e. The van der Waals surface area contributed by atoms with Crippen molar-refractivity contribution >= 4 is 17.7 Å². The Hall–Kier alpha value is -1.78. The number of anilines is 1. The summed E-state index contributed by atoms with van der Waals surface area (Å²) in [6.07, 6.45) is 1.54. The summed E-state index contributed by atoms with van der Waals surface area (Å²) in [6, 6.07) is 0. The molecule has 1 heterocycles. The standard InChI is InChI=1S/C10H15N3O2/c1-4-13-8(5-6(2)10(14)15)9(11)7(3)12-13/h5H,4,11H2,1-3H3,(H,14,15)/b6-5+. The van der Waals surface area contributed by atoms with E-state index in [4.69, 9.17) is 10.8 Å². The van der Waals surface area contributed by atoms with E-state index in [-0.39, 0.29) is 5.57 Å². The summed E-state index contributed by atoms with van der Waals surface area (Å²) in [5.74, 6) is -0.948. The van der Waals surface area contributed by atoms with Gasteiger partial charge in [-0.1, -0.05) is 0 Å². The van der Waals surface area contributed by atoms with Gasteiger partial charge in [0, 0.05) is 12.1 Å². The molecule has 0 aliphatic carbocycles. The molecule has 0 saturated carbocycles. The Labute approximate surface area is 88.2 Å². The van der Waals surface area contributed by atoms with Gasteiger partial charge in [-0.25, -0.2) is 4.79 Å². The van der Waals surface area contributed by atoms with Crippen LogP contribution in [-0.4, -0.2) is 20.9 Å². The van der Waals surface area contributed by atoms with Crippen molar-refractivity contribution in [3.63, 3.8) is 0 Å². The Bertz CT molecular complexity index is 419. The van der Waals surface area contributed by atoms with Crippen molar-refractivity contribution in [2.45, 2.75) is 27.3 Å². The predicted octanol–water partition coefficient (Wildman–Crippen LogP) is 1.28. The minimum Gasteiger partial charge on any atom is -0.478 e. The van der Waals surface area contributed by atoms with Gasteiger partial charge in [0.05, 0.1) is 17.1 Å². The molecule has 15 heavy (non-hydrogen) atoms. The molecule has 5 heteroatoms. The Morgan fingerprint density at radius 3 is 2.73 bits per heavy atom. The molecule has 1 rings (SSSR count). The van der Waals surface area contributed by atoms with Gasteiger partial charge in [0.15, 0.2) is 0 Å². The number of rotatable bonds is 3. The van der Waals surface area contributed by atoms with E-state index < -0.39 is 5.97 Å². The number of carboxylic acid groups (broad SMARTS) is 1. The number of carbonyl (C=O) groups is 1. The zero-order valence-electron chi connectivity index (χ0n) is 9.11. The Kier molecular flexibility index (Phi) is 3.14. The molecule has 0 aliphatic heterocycles. The number of nitrogen functional groups attached to an aromatic ring is 1. The van der Waals surface area contributed by atoms with Gasteiger partial charge in [-0.05, 0) is 26.8 Å². The molecule has 0 amide bonds. The number of aromatic nitrogens is 2. The molecule has 0 saturated heterocycles. The third kappa shape index (κ3) is 2.18. The van der Waals surface area contributed by atoms with Crippen molar-refractivity contribution in [2.75, 3.05) is 5.73 Å². The van der Waals surface area contributed by atoms with E-state index in [0.29, 0.717) is 17.9 Å². The van der Waals surface area contributed by atoms with E-state index in [1.165, 1.54) is 6.92 Å². The minimum atomic E-state index is -0.948. The normalized spacial score (nSPS) is 11.8. The van der Waals surface area contributed by atoms with Gasteiger partial charge >= 0.3 is 5.97 Å². The fourth-order valence-electron chi connectivity index (χ4n) is 1.27. The topological polar surface area (TPSA) is 81.1 Å². The number of aliphatic carboxylic acids is 1. The SMILES string of the molecule is CCn1nc(C)c(N)c1/C=C(\C)C(=O)O. The van der Waals surface area contributed by atoms with E-state index in [1.807, 2.05) is 6.92 Å². The van der Waals surface area contributed by atoms with Crippen molar-refractivity contribution in [2.24, 2.45) is 0 Å². The van der Waals surface area contributed by atoms with Crippen molar-refractivity contribution in [3.05, 3.63) is 17.0 Å². The second-order valence-electron chi connectivity index (χ2n) is 3.33. The molecule has 3 N–H and O–H groups in total. The van der Waals surface area contributed by atoms with E-state index in [0.717, 1.165) is 5.69 Å². The van der Waals surface area contributed by atoms with E-state index >= 15 is 0 Å². The van der Waals surface area contributed by atoms with Gasteiger partial charge in [0.1, 0.15) is 0 Å². The first-order valence-electron chi connectivity index (χ1n) is 4.71. The number of hydrogen-bond donors (Lipinski definition) is 2. The van der Waals surface area contributed by atoms with Crippen molar-refractivity contribution < 1.29 is 9.90 Å². The van der Waals surface area contributed by atoms with Crippen LogP contribution in [0.25, 0.3) is 6.08 Å². The summed E-state index contributed by atoms with van der Waals surface area (Å²) in [5, 5.41) is 13.0. The summed E-state index contributed by atoms with van der Waals surface area (Å²) in [7, 11) is 0. The molecule has 0 bridgehead atoms. The van der Waals surface area contributed by atoms with Crippen LogP contribution >= 0.6 is 0 Å². The van der Waals surface area contributed by atoms with Crippen LogP contribution < -0.4 is 5.73 Å². The monoisotopic (exact) mass is 209 g/mol. The summed E-state index contributed by atoms with van der Waals surface area (Å²) in [6.45, 7) is 5.93. The summed E-state index contributed by atoms with van der Waals surface area (Å²) in [4.78, 5) is 10.7. The van der Waals surface area contributed by atoms with Crippen molar-refractivity contribution in [3.8, 4) is 0 Å². The second kappa shape index (κ2) is 4.16. The summed E-state index contributed by atoms with van der Waals surface area (Å²) in [5.41, 5.74) is 7.98. The lowest BCUT2D eigenvalue weighted by molar-refractivity contribution is -0.132. The number of hydrogen-bond acceptors (Lipinski definition) is 3. The molecule has 0 fully saturated rings. The molecular formula is C10H15N3O2. The highest BCUT2D eigenvalue weighted by Crippen LogP contribution is 2.19. The van der Waals surface area contributed by atoms with Crippen LogP contribution in [0.3, 0.4) is 0 Å². The first-order valence-corrected chi connectivity index (χ1v) is 4.71. The lowest BCUT2D eigenvalue weighted by Gasteiger charge is -2.01. The first-order chi connectivity index (χ1) is 6.97. The fraction of sp³-hybridized carbons (Fsp3) is 0.400. The van der Waals surface area contributed by atoms with Crippen molar-refractivity contribution in [1.29, 1.82) is 0 Å². The number of aryl methyl sites for hydroxylation is 2. The third-order valence-corrected chi connectivity index (χ3v) is 2.20. The molecule has 5 nitrogen and oxygen atoms in total. The molecule has 0 spiro atoms. The summed E-state index contributed by atoms with van der Waals surface area (Å²) < 4.78 is 1.69. The quantitative estimate of drug-likeness (QED) is 0.735. The summed E-state index contributed by atoms with van der Waals surface area (Å²) >= 11 is 0. The molecule has 0 aliphatic rings. The van der Waals surface area contributed by atoms with Crippen molar-refractivity contribution in [1.82, 2.24) is 9.78 Å². The van der Waals surface area contributed by atoms with Crippen LogP contribution in [0.15, 0.2) is 5.57 Å². The van der Waals surface area contributed by atoms with Gasteiger partial charge < -0.3 is 10.8 Å². The van der Waals surface area contributed by atoms with Gasteiger partial charge in [-0.3, -0.25) is 4.68 Å². The highest BCUT2D eigenvalue weighted by Gasteiger charge is 2.10. The van der Waals surface area contributed by atoms with Crippen LogP contribution in [0.1, 0.15) is 25.2 Å². The second-order valence-corrected chi connectivity index (χ2v) is 3.33. The van der Waals surface area contributed by atoms with Gasteiger partial charge in [0.25, 0.3) is 0 Å². The average Bonchev–Trinajstić information content (AvgIpc) is 2.45. The smallest absolute Gasteiger partial charge is 0.331 e. The predicted molar refractivity (Wildman–Crippen MR) is 58.3 cm³/mol. The van der Waals surface area contributed by atoms with Crippen LogP contribution in [0, 0.1) is 6.92 Å². The van der Waals surface area contributed by atoms with Crippen LogP contribution in [0.5, 0.6) is 0 Å². The van der Waals surface area contributed by atoms with Crippen LogP contribution in [0.4, 0.5) is 5.69 Å². The number of carboxylic acids is 1. The van der Waals surface area contributed by atoms with E-state index in [9.17, 15) is 4.79 Å². The average molecular weight is 209 g/mol. The van der Waals surface area contributed by atoms with E-state index in [2.05, 4.69) is 5.10 Å². The number of nitrogens with zero attached hydrogens (tertiary/aromatic N) is 2. The first kappa shape index (κ1) is 11.3. The van der Waals surface area contributed by atoms with Gasteiger partial charge in [-0.2, -0.15) is 5.10 Å². The lowest BCUT2D eigenvalue weighted by Crippen LogP contribution is -2.02. The maximum Gasteiger partial charge on any atom is 0.331 e. The Balaban J connectivity index is 3.24. The molecule has 0 unspecified atom stereocenters. The van der Waals surface area contributed by atoms with Gasteiger partial charge in [0.2, 0.25) is 0 Å². The van der Waals surface area contributed by atoms with E-state index in [1.54, 1.807) is 17.7 Å². The zero-order valence-corrected chi connectivity index (χ0v) is 9.11. The molecular weight excluding hydrogens is 194 g/mol. The van der Waals surface area contributed by atoms with Crippen LogP contribution in [-0.2, 0) is 11.3 Å². The third-order valence-electron chi connectivity index (χ3n) is 2.20. The highest BCUT2D eigenvalue weighted by atomic mass is 16.4. The molecule has 1 aromatic rings. The highest BCUT2D eigenvalue weighted by molar-refractivity contribution is 5.92. The molecule has 0 atom stereocenters. The zero-order chi connectivity index (χ0) is 11.6. The molecule has 0 aromatic carbocycles. The minimum absolute atomic E-state index is 0.247. The van der Waals surface area contributed by atoms with Crippen LogP contribution in [0.2, 0.25) is 0 Å².